The molecule has 0 saturated carbocycles. The third-order valence-corrected chi connectivity index (χ3v) is 3.85. The maximum Gasteiger partial charge on any atom is 0.326 e. The lowest BCUT2D eigenvalue weighted by Gasteiger charge is -2.10. The third kappa shape index (κ3) is 4.36. The zero-order valence-corrected chi connectivity index (χ0v) is 13.7. The number of nitriles is 1. The molecular formula is C16H14N2O5S. The van der Waals surface area contributed by atoms with Crippen LogP contribution in [-0.2, 0) is 14.3 Å². The highest BCUT2D eigenvalue weighted by Gasteiger charge is 2.36. The molecule has 2 amide bonds. The molecule has 0 aliphatic carbocycles. The fraction of sp³-hybridized carbons (Fsp3) is 0.250. The fourth-order valence-electron chi connectivity index (χ4n) is 1.90. The van der Waals surface area contributed by atoms with Crippen molar-refractivity contribution in [1.82, 2.24) is 4.90 Å². The minimum atomic E-state index is -0.625. The largest absolute Gasteiger partial charge is 0.479 e. The van der Waals surface area contributed by atoms with E-state index in [9.17, 15) is 14.4 Å². The van der Waals surface area contributed by atoms with E-state index in [2.05, 4.69) is 0 Å². The molecular weight excluding hydrogens is 332 g/mol. The summed E-state index contributed by atoms with van der Waals surface area (Å²) in [5, 5.41) is 7.95. The molecule has 8 heteroatoms. The Balaban J connectivity index is 2.08. The molecule has 1 saturated heterocycles. The highest BCUT2D eigenvalue weighted by atomic mass is 32.2. The second-order valence-corrected chi connectivity index (χ2v) is 5.58. The summed E-state index contributed by atoms with van der Waals surface area (Å²) < 4.78 is 9.88. The molecule has 7 nitrogen and oxygen atoms in total. The van der Waals surface area contributed by atoms with Gasteiger partial charge in [0.2, 0.25) is 0 Å². The molecule has 0 atom stereocenters. The van der Waals surface area contributed by atoms with Gasteiger partial charge in [-0.15, -0.1) is 0 Å². The van der Waals surface area contributed by atoms with Crippen LogP contribution in [0.3, 0.4) is 0 Å². The second kappa shape index (κ2) is 8.17. The number of carbonyl (C=O) groups is 3. The maximum absolute atomic E-state index is 12.2. The molecule has 1 aliphatic heterocycles. The summed E-state index contributed by atoms with van der Waals surface area (Å²) in [6.07, 6.45) is 1.56. The van der Waals surface area contributed by atoms with E-state index in [1.54, 1.807) is 37.3 Å². The summed E-state index contributed by atoms with van der Waals surface area (Å²) in [4.78, 5) is 36.6. The fourth-order valence-corrected chi connectivity index (χ4v) is 2.74. The number of carbonyl (C=O) groups excluding carboxylic acids is 3. The Morgan fingerprint density at radius 1 is 1.33 bits per heavy atom. The van der Waals surface area contributed by atoms with Gasteiger partial charge in [-0.2, -0.15) is 5.26 Å². The van der Waals surface area contributed by atoms with Crippen LogP contribution in [0.4, 0.5) is 4.79 Å². The van der Waals surface area contributed by atoms with E-state index in [4.69, 9.17) is 14.7 Å². The number of benzene rings is 1. The van der Waals surface area contributed by atoms with Crippen LogP contribution in [0.5, 0.6) is 5.75 Å². The number of imide groups is 1. The second-order valence-electron chi connectivity index (χ2n) is 4.59. The standard InChI is InChI=1S/C16H14N2O5S/c1-2-22-14(19)10-18-15(20)13(24-16(18)21)9-11-3-5-12(6-4-11)23-8-7-17/h3-6,9H,2,8,10H2,1H3/b13-9-. The summed E-state index contributed by atoms with van der Waals surface area (Å²) in [7, 11) is 0. The average molecular weight is 346 g/mol. The SMILES string of the molecule is CCOC(=O)CN1C(=O)S/C(=C\c2ccc(OCC#N)cc2)C1=O. The number of hydrogen-bond acceptors (Lipinski definition) is 7. The lowest BCUT2D eigenvalue weighted by atomic mass is 10.2. The summed E-state index contributed by atoms with van der Waals surface area (Å²) in [5.74, 6) is -0.618. The number of ether oxygens (including phenoxy) is 2. The molecule has 1 aromatic rings. The van der Waals surface area contributed by atoms with E-state index in [1.807, 2.05) is 6.07 Å². The van der Waals surface area contributed by atoms with E-state index in [1.165, 1.54) is 0 Å². The molecule has 1 aromatic carbocycles. The molecule has 0 bridgehead atoms. The smallest absolute Gasteiger partial charge is 0.326 e. The van der Waals surface area contributed by atoms with Crippen molar-refractivity contribution in [1.29, 1.82) is 5.26 Å². The summed E-state index contributed by atoms with van der Waals surface area (Å²) in [6.45, 7) is 1.39. The lowest BCUT2D eigenvalue weighted by molar-refractivity contribution is -0.145. The van der Waals surface area contributed by atoms with Gasteiger partial charge in [0, 0.05) is 0 Å². The first kappa shape index (κ1) is 17.6. The third-order valence-electron chi connectivity index (χ3n) is 2.95. The van der Waals surface area contributed by atoms with Gasteiger partial charge in [0.05, 0.1) is 11.5 Å². The van der Waals surface area contributed by atoms with Gasteiger partial charge in [-0.1, -0.05) is 12.1 Å². The molecule has 0 aromatic heterocycles. The highest BCUT2D eigenvalue weighted by molar-refractivity contribution is 8.18. The zero-order chi connectivity index (χ0) is 17.5. The van der Waals surface area contributed by atoms with Crippen LogP contribution in [-0.4, -0.2) is 41.8 Å². The van der Waals surface area contributed by atoms with Crippen molar-refractivity contribution in [2.75, 3.05) is 19.8 Å². The molecule has 0 N–H and O–H groups in total. The van der Waals surface area contributed by atoms with E-state index in [0.29, 0.717) is 11.3 Å². The van der Waals surface area contributed by atoms with Crippen molar-refractivity contribution in [3.05, 3.63) is 34.7 Å². The van der Waals surface area contributed by atoms with Crippen LogP contribution < -0.4 is 4.74 Å². The topological polar surface area (TPSA) is 96.7 Å². The van der Waals surface area contributed by atoms with Crippen LogP contribution in [0.2, 0.25) is 0 Å². The van der Waals surface area contributed by atoms with E-state index < -0.39 is 23.7 Å². The van der Waals surface area contributed by atoms with Crippen molar-refractivity contribution < 1.29 is 23.9 Å². The van der Waals surface area contributed by atoms with Gasteiger partial charge in [0.1, 0.15) is 18.4 Å². The van der Waals surface area contributed by atoms with E-state index in [0.717, 1.165) is 16.7 Å². The summed E-state index contributed by atoms with van der Waals surface area (Å²) >= 11 is 0.771. The number of esters is 1. The van der Waals surface area contributed by atoms with Crippen molar-refractivity contribution in [3.8, 4) is 11.8 Å². The Hall–Kier alpha value is -2.79. The zero-order valence-electron chi connectivity index (χ0n) is 12.9. The van der Waals surface area contributed by atoms with Gasteiger partial charge in [-0.05, 0) is 42.5 Å². The van der Waals surface area contributed by atoms with Gasteiger partial charge in [-0.25, -0.2) is 0 Å². The molecule has 0 unspecified atom stereocenters. The van der Waals surface area contributed by atoms with Crippen molar-refractivity contribution in [2.24, 2.45) is 0 Å². The molecule has 2 rings (SSSR count). The molecule has 1 heterocycles. The number of thioether (sulfide) groups is 1. The highest BCUT2D eigenvalue weighted by Crippen LogP contribution is 2.32. The van der Waals surface area contributed by atoms with Crippen LogP contribution in [0.25, 0.3) is 6.08 Å². The molecule has 1 fully saturated rings. The minimum Gasteiger partial charge on any atom is -0.479 e. The summed E-state index contributed by atoms with van der Waals surface area (Å²) in [6, 6.07) is 8.59. The van der Waals surface area contributed by atoms with Gasteiger partial charge in [-0.3, -0.25) is 19.3 Å². The Labute approximate surface area is 142 Å². The van der Waals surface area contributed by atoms with Crippen LogP contribution in [0.15, 0.2) is 29.2 Å². The average Bonchev–Trinajstić information content (AvgIpc) is 2.82. The minimum absolute atomic E-state index is 0.0495. The first-order valence-corrected chi connectivity index (χ1v) is 7.87. The number of amides is 2. The van der Waals surface area contributed by atoms with Crippen LogP contribution in [0.1, 0.15) is 12.5 Å². The van der Waals surface area contributed by atoms with Gasteiger partial charge >= 0.3 is 5.97 Å². The molecule has 0 spiro atoms. The van der Waals surface area contributed by atoms with Crippen LogP contribution in [0, 0.1) is 11.3 Å². The molecule has 24 heavy (non-hydrogen) atoms. The normalized spacial score (nSPS) is 15.5. The monoisotopic (exact) mass is 346 g/mol. The molecule has 0 radical (unpaired) electrons. The Bertz CT molecular complexity index is 721. The van der Waals surface area contributed by atoms with Crippen molar-refractivity contribution in [3.63, 3.8) is 0 Å². The predicted molar refractivity (Wildman–Crippen MR) is 86.9 cm³/mol. The van der Waals surface area contributed by atoms with Crippen LogP contribution >= 0.6 is 11.8 Å². The van der Waals surface area contributed by atoms with Gasteiger partial charge < -0.3 is 9.47 Å². The van der Waals surface area contributed by atoms with Crippen molar-refractivity contribution >= 4 is 35.0 Å². The quantitative estimate of drug-likeness (QED) is 0.575. The number of hydrogen-bond donors (Lipinski definition) is 0. The Morgan fingerprint density at radius 2 is 2.04 bits per heavy atom. The first-order chi connectivity index (χ1) is 11.5. The van der Waals surface area contributed by atoms with E-state index in [-0.39, 0.29) is 18.1 Å². The van der Waals surface area contributed by atoms with Gasteiger partial charge in [0.25, 0.3) is 11.1 Å². The summed E-state index contributed by atoms with van der Waals surface area (Å²) in [5.41, 5.74) is 0.695. The Kier molecular flexibility index (Phi) is 5.98. The number of rotatable bonds is 6. The molecule has 1 aliphatic rings. The first-order valence-electron chi connectivity index (χ1n) is 7.06. The maximum atomic E-state index is 12.2. The van der Waals surface area contributed by atoms with E-state index >= 15 is 0 Å². The Morgan fingerprint density at radius 3 is 2.67 bits per heavy atom. The van der Waals surface area contributed by atoms with Crippen molar-refractivity contribution in [2.45, 2.75) is 6.92 Å². The predicted octanol–water partition coefficient (Wildman–Crippen LogP) is 2.19. The lowest BCUT2D eigenvalue weighted by Crippen LogP contribution is -2.34. The van der Waals surface area contributed by atoms with Gasteiger partial charge in [0.15, 0.2) is 6.61 Å². The number of nitrogens with zero attached hydrogens (tertiary/aromatic N) is 2. The molecule has 124 valence electrons.